The van der Waals surface area contributed by atoms with Crippen molar-refractivity contribution in [3.05, 3.63) is 42.1 Å². The van der Waals surface area contributed by atoms with Crippen molar-refractivity contribution in [3.8, 4) is 5.82 Å². The maximum atomic E-state index is 5.96. The Bertz CT molecular complexity index is 733. The van der Waals surface area contributed by atoms with Gasteiger partial charge in [-0.15, -0.1) is 12.6 Å². The van der Waals surface area contributed by atoms with Crippen LogP contribution in [0.25, 0.3) is 16.7 Å². The number of fused-ring (bicyclic) bond motifs is 1. The van der Waals surface area contributed by atoms with Gasteiger partial charge in [0.15, 0.2) is 5.82 Å². The smallest absolute Gasteiger partial charge is 0.156 e. The van der Waals surface area contributed by atoms with E-state index in [-0.39, 0.29) is 0 Å². The number of nitrogens with zero attached hydrogens (tertiary/aromatic N) is 3. The molecule has 0 fully saturated rings. The Morgan fingerprint density at radius 2 is 1.94 bits per heavy atom. The number of benzene rings is 1. The van der Waals surface area contributed by atoms with E-state index in [1.807, 2.05) is 43.3 Å². The van der Waals surface area contributed by atoms with Crippen LogP contribution in [0.5, 0.6) is 0 Å². The fourth-order valence-corrected chi connectivity index (χ4v) is 2.02. The third-order valence-electron chi connectivity index (χ3n) is 2.86. The van der Waals surface area contributed by atoms with Gasteiger partial charge in [-0.25, -0.2) is 4.98 Å². The summed E-state index contributed by atoms with van der Waals surface area (Å²) in [5.41, 5.74) is 7.68. The zero-order valence-electron chi connectivity index (χ0n) is 9.83. The van der Waals surface area contributed by atoms with E-state index in [9.17, 15) is 0 Å². The lowest BCUT2D eigenvalue weighted by atomic mass is 10.2. The molecule has 0 radical (unpaired) electrons. The molecule has 18 heavy (non-hydrogen) atoms. The summed E-state index contributed by atoms with van der Waals surface area (Å²) in [6.45, 7) is 1.87. The summed E-state index contributed by atoms with van der Waals surface area (Å²) in [5, 5.41) is 5.43. The first-order valence-electron chi connectivity index (χ1n) is 5.57. The molecule has 0 spiro atoms. The molecule has 0 aliphatic rings. The first-order chi connectivity index (χ1) is 8.66. The summed E-state index contributed by atoms with van der Waals surface area (Å²) in [7, 11) is 0. The number of hydrogen-bond acceptors (Lipinski definition) is 4. The average molecular weight is 256 g/mol. The first kappa shape index (κ1) is 11.1. The van der Waals surface area contributed by atoms with Crippen LogP contribution < -0.4 is 5.73 Å². The van der Waals surface area contributed by atoms with Gasteiger partial charge in [-0.1, -0.05) is 18.2 Å². The number of thiol groups is 1. The van der Waals surface area contributed by atoms with E-state index in [0.29, 0.717) is 16.5 Å². The zero-order valence-corrected chi connectivity index (χ0v) is 10.7. The van der Waals surface area contributed by atoms with Gasteiger partial charge in [-0.05, 0) is 25.1 Å². The summed E-state index contributed by atoms with van der Waals surface area (Å²) in [6.07, 6.45) is 0. The summed E-state index contributed by atoms with van der Waals surface area (Å²) < 4.78 is 1.62. The van der Waals surface area contributed by atoms with Gasteiger partial charge in [0.2, 0.25) is 0 Å². The molecule has 5 heteroatoms. The topological polar surface area (TPSA) is 56.7 Å². The standard InChI is InChI=1S/C13H12N4S/c1-8-12(18)13(14)17(16-8)11-7-6-9-4-2-3-5-10(9)15-11/h2-7,18H,14H2,1H3. The molecule has 0 amide bonds. The molecule has 0 atom stereocenters. The number of nitrogens with two attached hydrogens (primary N) is 1. The van der Waals surface area contributed by atoms with Crippen LogP contribution in [0.1, 0.15) is 5.69 Å². The molecule has 2 heterocycles. The summed E-state index contributed by atoms with van der Waals surface area (Å²) in [4.78, 5) is 5.25. The fraction of sp³-hybridized carbons (Fsp3) is 0.0769. The highest BCUT2D eigenvalue weighted by Gasteiger charge is 2.11. The highest BCUT2D eigenvalue weighted by molar-refractivity contribution is 7.80. The molecule has 1 aromatic carbocycles. The quantitative estimate of drug-likeness (QED) is 0.658. The second kappa shape index (κ2) is 4.03. The van der Waals surface area contributed by atoms with Crippen molar-refractivity contribution >= 4 is 29.3 Å². The molecule has 0 aliphatic heterocycles. The number of para-hydroxylation sites is 1. The third-order valence-corrected chi connectivity index (χ3v) is 3.42. The molecule has 0 unspecified atom stereocenters. The van der Waals surface area contributed by atoms with E-state index >= 15 is 0 Å². The van der Waals surface area contributed by atoms with Crippen molar-refractivity contribution in [1.29, 1.82) is 0 Å². The molecule has 4 nitrogen and oxygen atoms in total. The Kier molecular flexibility index (Phi) is 2.48. The van der Waals surface area contributed by atoms with E-state index in [2.05, 4.69) is 22.7 Å². The number of pyridine rings is 1. The van der Waals surface area contributed by atoms with Gasteiger partial charge in [0.1, 0.15) is 5.82 Å². The van der Waals surface area contributed by atoms with Crippen molar-refractivity contribution < 1.29 is 0 Å². The molecule has 0 saturated carbocycles. The molecule has 0 saturated heterocycles. The highest BCUT2D eigenvalue weighted by atomic mass is 32.1. The van der Waals surface area contributed by atoms with Crippen LogP contribution in [0.3, 0.4) is 0 Å². The van der Waals surface area contributed by atoms with Crippen LogP contribution in [0, 0.1) is 6.92 Å². The van der Waals surface area contributed by atoms with Crippen LogP contribution >= 0.6 is 12.6 Å². The lowest BCUT2D eigenvalue weighted by molar-refractivity contribution is 0.847. The molecule has 0 aliphatic carbocycles. The van der Waals surface area contributed by atoms with E-state index in [4.69, 9.17) is 5.73 Å². The molecular formula is C13H12N4S. The predicted molar refractivity (Wildman–Crippen MR) is 75.3 cm³/mol. The number of aryl methyl sites for hydroxylation is 1. The lowest BCUT2D eigenvalue weighted by Gasteiger charge is -2.04. The van der Waals surface area contributed by atoms with Crippen LogP contribution in [0.15, 0.2) is 41.3 Å². The summed E-state index contributed by atoms with van der Waals surface area (Å²) in [6, 6.07) is 11.8. The van der Waals surface area contributed by atoms with Gasteiger partial charge in [-0.2, -0.15) is 9.78 Å². The number of hydrogen-bond donors (Lipinski definition) is 2. The third kappa shape index (κ3) is 1.64. The summed E-state index contributed by atoms with van der Waals surface area (Å²) in [5.74, 6) is 1.22. The van der Waals surface area contributed by atoms with Gasteiger partial charge in [0.05, 0.1) is 16.1 Å². The molecule has 0 bridgehead atoms. The highest BCUT2D eigenvalue weighted by Crippen LogP contribution is 2.23. The lowest BCUT2D eigenvalue weighted by Crippen LogP contribution is -2.04. The Morgan fingerprint density at radius 1 is 1.17 bits per heavy atom. The molecule has 2 aromatic heterocycles. The Hall–Kier alpha value is -2.01. The maximum Gasteiger partial charge on any atom is 0.156 e. The van der Waals surface area contributed by atoms with Gasteiger partial charge in [0.25, 0.3) is 0 Å². The van der Waals surface area contributed by atoms with E-state index in [1.165, 1.54) is 0 Å². The van der Waals surface area contributed by atoms with Crippen molar-refractivity contribution in [1.82, 2.24) is 14.8 Å². The van der Waals surface area contributed by atoms with Crippen molar-refractivity contribution in [3.63, 3.8) is 0 Å². The van der Waals surface area contributed by atoms with E-state index in [1.54, 1.807) is 4.68 Å². The van der Waals surface area contributed by atoms with Gasteiger partial charge < -0.3 is 5.73 Å². The number of anilines is 1. The maximum absolute atomic E-state index is 5.96. The van der Waals surface area contributed by atoms with Crippen molar-refractivity contribution in [2.75, 3.05) is 5.73 Å². The molecule has 90 valence electrons. The Labute approximate surface area is 110 Å². The number of aromatic nitrogens is 3. The molecule has 3 rings (SSSR count). The Morgan fingerprint density at radius 3 is 2.67 bits per heavy atom. The predicted octanol–water partition coefficient (Wildman–Crippen LogP) is 2.60. The normalized spacial score (nSPS) is 11.0. The van der Waals surface area contributed by atoms with Gasteiger partial charge in [0, 0.05) is 5.39 Å². The summed E-state index contributed by atoms with van der Waals surface area (Å²) >= 11 is 4.32. The monoisotopic (exact) mass is 256 g/mol. The fourth-order valence-electron chi connectivity index (χ4n) is 1.88. The van der Waals surface area contributed by atoms with Crippen LogP contribution in [0.4, 0.5) is 5.82 Å². The second-order valence-electron chi connectivity index (χ2n) is 4.09. The number of nitrogen functional groups attached to an aromatic ring is 1. The molecular weight excluding hydrogens is 244 g/mol. The van der Waals surface area contributed by atoms with Gasteiger partial charge >= 0.3 is 0 Å². The second-order valence-corrected chi connectivity index (χ2v) is 4.54. The molecule has 2 N–H and O–H groups in total. The van der Waals surface area contributed by atoms with Crippen molar-refractivity contribution in [2.24, 2.45) is 0 Å². The van der Waals surface area contributed by atoms with Crippen LogP contribution in [-0.2, 0) is 0 Å². The van der Waals surface area contributed by atoms with Crippen molar-refractivity contribution in [2.45, 2.75) is 11.8 Å². The SMILES string of the molecule is Cc1nn(-c2ccc3ccccc3n2)c(N)c1S. The largest absolute Gasteiger partial charge is 0.383 e. The minimum absolute atomic E-state index is 0.513. The van der Waals surface area contributed by atoms with Gasteiger partial charge in [-0.3, -0.25) is 0 Å². The van der Waals surface area contributed by atoms with E-state index < -0.39 is 0 Å². The number of rotatable bonds is 1. The Balaban J connectivity index is 2.22. The zero-order chi connectivity index (χ0) is 12.7. The molecule has 3 aromatic rings. The van der Waals surface area contributed by atoms with Crippen LogP contribution in [0.2, 0.25) is 0 Å². The van der Waals surface area contributed by atoms with Crippen LogP contribution in [-0.4, -0.2) is 14.8 Å². The average Bonchev–Trinajstić information content (AvgIpc) is 2.66. The minimum Gasteiger partial charge on any atom is -0.383 e. The minimum atomic E-state index is 0.513. The first-order valence-corrected chi connectivity index (χ1v) is 6.02. The van der Waals surface area contributed by atoms with E-state index in [0.717, 1.165) is 16.6 Å².